The number of morpholine rings is 1. The van der Waals surface area contributed by atoms with Crippen molar-refractivity contribution < 1.29 is 17.7 Å². The van der Waals surface area contributed by atoms with Gasteiger partial charge in [0.05, 0.1) is 17.1 Å². The zero-order valence-electron chi connectivity index (χ0n) is 11.5. The van der Waals surface area contributed by atoms with Crippen molar-refractivity contribution in [2.75, 3.05) is 13.1 Å². The van der Waals surface area contributed by atoms with Gasteiger partial charge in [-0.3, -0.25) is 4.55 Å². The average molecular weight is 287 g/mol. The summed E-state index contributed by atoms with van der Waals surface area (Å²) in [5.41, 5.74) is 0.551. The lowest BCUT2D eigenvalue weighted by atomic mass is 10.2. The van der Waals surface area contributed by atoms with Gasteiger partial charge in [-0.25, -0.2) is 0 Å². The molecular formula is C13H21NO4S. The monoisotopic (exact) mass is 287 g/mol. The van der Waals surface area contributed by atoms with Crippen molar-refractivity contribution in [1.82, 2.24) is 5.32 Å². The van der Waals surface area contributed by atoms with Gasteiger partial charge < -0.3 is 10.1 Å². The first kappa shape index (κ1) is 16.1. The standard InChI is InChI=1S/C7H8O3S.C6H13NO/c1-6-4-2-3-5-7(6)11(8,9)10;1-5-3-7-4-6(2)8-5/h2-5H,1H3,(H,8,9,10);5-7H,3-4H2,1-2H3. The van der Waals surface area contributed by atoms with E-state index in [2.05, 4.69) is 19.2 Å². The number of nitrogens with one attached hydrogen (secondary N) is 1. The van der Waals surface area contributed by atoms with E-state index in [1.54, 1.807) is 25.1 Å². The molecule has 2 unspecified atom stereocenters. The number of hydrogen-bond acceptors (Lipinski definition) is 4. The van der Waals surface area contributed by atoms with Crippen LogP contribution < -0.4 is 5.32 Å². The smallest absolute Gasteiger partial charge is 0.294 e. The van der Waals surface area contributed by atoms with Gasteiger partial charge in [0.15, 0.2) is 0 Å². The van der Waals surface area contributed by atoms with Gasteiger partial charge in [0.25, 0.3) is 10.1 Å². The molecule has 1 fully saturated rings. The molecule has 1 aliphatic rings. The van der Waals surface area contributed by atoms with Gasteiger partial charge >= 0.3 is 0 Å². The number of ether oxygens (including phenoxy) is 1. The van der Waals surface area contributed by atoms with Crippen molar-refractivity contribution in [3.63, 3.8) is 0 Å². The van der Waals surface area contributed by atoms with E-state index in [1.165, 1.54) is 6.07 Å². The van der Waals surface area contributed by atoms with Crippen molar-refractivity contribution in [2.24, 2.45) is 0 Å². The van der Waals surface area contributed by atoms with Gasteiger partial charge in [-0.2, -0.15) is 8.42 Å². The van der Waals surface area contributed by atoms with Crippen LogP contribution in [-0.4, -0.2) is 38.3 Å². The molecule has 2 atom stereocenters. The summed E-state index contributed by atoms with van der Waals surface area (Å²) in [7, 11) is -4.03. The van der Waals surface area contributed by atoms with Crippen LogP contribution in [0.3, 0.4) is 0 Å². The zero-order chi connectivity index (χ0) is 14.5. The Bertz CT molecular complexity index is 493. The number of rotatable bonds is 1. The summed E-state index contributed by atoms with van der Waals surface area (Å²) in [6, 6.07) is 6.27. The molecule has 1 aromatic rings. The van der Waals surface area contributed by atoms with E-state index in [1.807, 2.05) is 0 Å². The predicted octanol–water partition coefficient (Wildman–Crippen LogP) is 1.62. The second-order valence-corrected chi connectivity index (χ2v) is 6.05. The lowest BCUT2D eigenvalue weighted by Crippen LogP contribution is -2.41. The van der Waals surface area contributed by atoms with Gasteiger partial charge in [-0.15, -0.1) is 0 Å². The summed E-state index contributed by atoms with van der Waals surface area (Å²) in [5.74, 6) is 0. The lowest BCUT2D eigenvalue weighted by Gasteiger charge is -2.25. The van der Waals surface area contributed by atoms with Gasteiger partial charge in [0.1, 0.15) is 0 Å². The van der Waals surface area contributed by atoms with Crippen LogP contribution in [0.1, 0.15) is 19.4 Å². The number of hydrogen-bond donors (Lipinski definition) is 2. The highest BCUT2D eigenvalue weighted by Crippen LogP contribution is 2.12. The molecule has 0 aliphatic carbocycles. The SMILES string of the molecule is CC1CNCC(C)O1.Cc1ccccc1S(=O)(=O)O. The van der Waals surface area contributed by atoms with Crippen molar-refractivity contribution in [3.8, 4) is 0 Å². The summed E-state index contributed by atoms with van der Waals surface area (Å²) >= 11 is 0. The molecule has 5 nitrogen and oxygen atoms in total. The fourth-order valence-corrected chi connectivity index (χ4v) is 2.55. The molecule has 0 aromatic heterocycles. The summed E-state index contributed by atoms with van der Waals surface area (Å²) in [6.07, 6.45) is 0.803. The largest absolute Gasteiger partial charge is 0.373 e. The van der Waals surface area contributed by atoms with Crippen molar-refractivity contribution >= 4 is 10.1 Å². The van der Waals surface area contributed by atoms with Crippen LogP contribution in [0.4, 0.5) is 0 Å². The van der Waals surface area contributed by atoms with Gasteiger partial charge in [0.2, 0.25) is 0 Å². The number of benzene rings is 1. The van der Waals surface area contributed by atoms with Gasteiger partial charge in [0, 0.05) is 13.1 Å². The highest BCUT2D eigenvalue weighted by atomic mass is 32.2. The summed E-state index contributed by atoms with van der Waals surface area (Å²) in [5, 5.41) is 3.26. The van der Waals surface area contributed by atoms with Crippen LogP contribution in [0.5, 0.6) is 0 Å². The van der Waals surface area contributed by atoms with E-state index in [-0.39, 0.29) is 4.90 Å². The zero-order valence-corrected chi connectivity index (χ0v) is 12.3. The van der Waals surface area contributed by atoms with E-state index in [4.69, 9.17) is 9.29 Å². The first-order chi connectivity index (χ1) is 8.80. The Morgan fingerprint density at radius 1 is 1.21 bits per heavy atom. The van der Waals surface area contributed by atoms with E-state index < -0.39 is 10.1 Å². The third-order valence-corrected chi connectivity index (χ3v) is 3.71. The molecule has 108 valence electrons. The van der Waals surface area contributed by atoms with Crippen LogP contribution in [0, 0.1) is 6.92 Å². The summed E-state index contributed by atoms with van der Waals surface area (Å²) < 4.78 is 35.3. The van der Waals surface area contributed by atoms with E-state index in [9.17, 15) is 8.42 Å². The molecule has 0 bridgehead atoms. The van der Waals surface area contributed by atoms with Crippen LogP contribution in [0.25, 0.3) is 0 Å². The quantitative estimate of drug-likeness (QED) is 0.768. The van der Waals surface area contributed by atoms with Gasteiger partial charge in [-0.05, 0) is 32.4 Å². The normalized spacial score (nSPS) is 23.4. The first-order valence-corrected chi connectivity index (χ1v) is 7.64. The lowest BCUT2D eigenvalue weighted by molar-refractivity contribution is -0.0166. The minimum absolute atomic E-state index is 0.0278. The molecular weight excluding hydrogens is 266 g/mol. The first-order valence-electron chi connectivity index (χ1n) is 6.20. The number of aryl methyl sites for hydroxylation is 1. The van der Waals surface area contributed by atoms with Crippen molar-refractivity contribution in [3.05, 3.63) is 29.8 Å². The van der Waals surface area contributed by atoms with Crippen LogP contribution in [0.2, 0.25) is 0 Å². The second kappa shape index (κ2) is 7.00. The minimum atomic E-state index is -4.03. The molecule has 0 amide bonds. The van der Waals surface area contributed by atoms with E-state index >= 15 is 0 Å². The predicted molar refractivity (Wildman–Crippen MR) is 73.9 cm³/mol. The molecule has 6 heteroatoms. The Morgan fingerprint density at radius 2 is 1.74 bits per heavy atom. The Morgan fingerprint density at radius 3 is 2.05 bits per heavy atom. The van der Waals surface area contributed by atoms with Crippen LogP contribution in [-0.2, 0) is 14.9 Å². The molecule has 1 aliphatic heterocycles. The molecule has 0 saturated carbocycles. The molecule has 0 radical (unpaired) electrons. The molecule has 2 rings (SSSR count). The Balaban J connectivity index is 0.000000200. The Labute approximate surface area is 114 Å². The fraction of sp³-hybridized carbons (Fsp3) is 0.538. The van der Waals surface area contributed by atoms with Crippen molar-refractivity contribution in [2.45, 2.75) is 37.9 Å². The molecule has 1 saturated heterocycles. The third kappa shape index (κ3) is 5.69. The Hall–Kier alpha value is -0.950. The van der Waals surface area contributed by atoms with E-state index in [0.29, 0.717) is 17.8 Å². The molecule has 1 aromatic carbocycles. The second-order valence-electron chi connectivity index (χ2n) is 4.66. The average Bonchev–Trinajstić information content (AvgIpc) is 2.28. The fourth-order valence-electron chi connectivity index (χ4n) is 1.83. The molecule has 2 N–H and O–H groups in total. The maximum atomic E-state index is 10.6. The maximum absolute atomic E-state index is 10.6. The molecule has 0 spiro atoms. The van der Waals surface area contributed by atoms with E-state index in [0.717, 1.165) is 13.1 Å². The molecule has 19 heavy (non-hydrogen) atoms. The maximum Gasteiger partial charge on any atom is 0.294 e. The van der Waals surface area contributed by atoms with Crippen LogP contribution in [0.15, 0.2) is 29.2 Å². The molecule has 1 heterocycles. The van der Waals surface area contributed by atoms with Gasteiger partial charge in [-0.1, -0.05) is 18.2 Å². The topological polar surface area (TPSA) is 75.6 Å². The third-order valence-electron chi connectivity index (χ3n) is 2.70. The minimum Gasteiger partial charge on any atom is -0.373 e. The summed E-state index contributed by atoms with van der Waals surface area (Å²) in [6.45, 7) is 7.81. The highest BCUT2D eigenvalue weighted by molar-refractivity contribution is 7.85. The Kier molecular flexibility index (Phi) is 5.93. The summed E-state index contributed by atoms with van der Waals surface area (Å²) in [4.78, 5) is -0.0278. The van der Waals surface area contributed by atoms with Crippen molar-refractivity contribution in [1.29, 1.82) is 0 Å². The van der Waals surface area contributed by atoms with Crippen LogP contribution >= 0.6 is 0 Å². The highest BCUT2D eigenvalue weighted by Gasteiger charge is 2.13.